The second kappa shape index (κ2) is 9.00. The molecule has 0 aliphatic carbocycles. The van der Waals surface area contributed by atoms with E-state index < -0.39 is 11.4 Å². The fourth-order valence-corrected chi connectivity index (χ4v) is 3.22. The summed E-state index contributed by atoms with van der Waals surface area (Å²) in [6.45, 7) is 6.16. The number of hydrogen-bond acceptors (Lipinski definition) is 6. The van der Waals surface area contributed by atoms with Crippen LogP contribution in [0.5, 0.6) is 5.88 Å². The second-order valence-corrected chi connectivity index (χ2v) is 5.77. The number of rotatable bonds is 5. The third kappa shape index (κ3) is 3.54. The Morgan fingerprint density at radius 2 is 2.04 bits per heavy atom. The van der Waals surface area contributed by atoms with Gasteiger partial charge in [-0.05, 0) is 36.8 Å². The summed E-state index contributed by atoms with van der Waals surface area (Å²) in [5.74, 6) is -0.673. The van der Waals surface area contributed by atoms with E-state index in [1.54, 1.807) is 36.5 Å². The number of nitriles is 1. The topological polar surface area (TPSA) is 101 Å². The van der Waals surface area contributed by atoms with Crippen LogP contribution < -0.4 is 10.1 Å². The van der Waals surface area contributed by atoms with Crippen molar-refractivity contribution < 1.29 is 19.1 Å². The van der Waals surface area contributed by atoms with Gasteiger partial charge in [0.1, 0.15) is 5.41 Å². The van der Waals surface area contributed by atoms with Crippen LogP contribution in [0.4, 0.5) is 5.69 Å². The van der Waals surface area contributed by atoms with E-state index in [0.29, 0.717) is 29.0 Å². The van der Waals surface area contributed by atoms with E-state index in [2.05, 4.69) is 16.4 Å². The van der Waals surface area contributed by atoms with Crippen LogP contribution in [0.15, 0.2) is 36.5 Å². The molecule has 2 aromatic rings. The Balaban J connectivity index is 0.00000136. The largest absolute Gasteiger partial charge is 0.478 e. The number of anilines is 1. The molecule has 2 heterocycles. The van der Waals surface area contributed by atoms with Crippen LogP contribution in [0, 0.1) is 11.3 Å². The van der Waals surface area contributed by atoms with E-state index in [1.807, 2.05) is 20.8 Å². The molecule has 1 unspecified atom stereocenters. The molecule has 3 rings (SSSR count). The van der Waals surface area contributed by atoms with E-state index in [-0.39, 0.29) is 18.2 Å². The molecule has 1 aromatic heterocycles. The number of nitrogens with one attached hydrogen (secondary N) is 1. The Labute approximate surface area is 164 Å². The van der Waals surface area contributed by atoms with E-state index in [1.165, 1.54) is 7.11 Å². The van der Waals surface area contributed by atoms with Crippen LogP contribution in [0.2, 0.25) is 0 Å². The summed E-state index contributed by atoms with van der Waals surface area (Å²) in [7, 11) is 1.27. The van der Waals surface area contributed by atoms with Crippen LogP contribution in [0.1, 0.15) is 43.9 Å². The molecular formula is C21H23N3O4. The molecule has 7 nitrogen and oxygen atoms in total. The maximum atomic E-state index is 13.1. The summed E-state index contributed by atoms with van der Waals surface area (Å²) in [6, 6.07) is 10.3. The lowest BCUT2D eigenvalue weighted by Crippen LogP contribution is -2.39. The molecule has 0 radical (unpaired) electrons. The molecule has 1 N–H and O–H groups in total. The molecule has 0 fully saturated rings. The lowest BCUT2D eigenvalue weighted by Gasteiger charge is -2.28. The molecule has 146 valence electrons. The molecule has 7 heteroatoms. The van der Waals surface area contributed by atoms with Crippen molar-refractivity contribution >= 4 is 17.6 Å². The van der Waals surface area contributed by atoms with Gasteiger partial charge in [-0.25, -0.2) is 4.98 Å². The van der Waals surface area contributed by atoms with Crippen LogP contribution >= 0.6 is 0 Å². The van der Waals surface area contributed by atoms with Crippen LogP contribution in [-0.4, -0.2) is 30.6 Å². The average Bonchev–Trinajstić information content (AvgIpc) is 3.01. The molecule has 1 amide bonds. The minimum atomic E-state index is -1.38. The molecule has 1 aromatic carbocycles. The summed E-state index contributed by atoms with van der Waals surface area (Å²) in [6.07, 6.45) is 1.32. The van der Waals surface area contributed by atoms with Gasteiger partial charge in [0.05, 0.1) is 31.8 Å². The van der Waals surface area contributed by atoms with Crippen molar-refractivity contribution in [2.24, 2.45) is 0 Å². The predicted octanol–water partition coefficient (Wildman–Crippen LogP) is 3.18. The molecule has 1 atom stereocenters. The molecule has 0 spiro atoms. The standard InChI is InChI=1S/C19H17N3O4.C2H6/c1-3-26-17-13(5-4-8-21-17)19(10-16(23)25-2)14-9-12(11-20)6-7-15(14)22-18(19)24;1-2/h4-9H,3,10H2,1-2H3,(H,22,24);1-2H3. The number of hydrogen-bond donors (Lipinski definition) is 1. The smallest absolute Gasteiger partial charge is 0.307 e. The zero-order valence-electron chi connectivity index (χ0n) is 16.4. The number of fused-ring (bicyclic) bond motifs is 1. The first-order valence-corrected chi connectivity index (χ1v) is 9.08. The van der Waals surface area contributed by atoms with Crippen molar-refractivity contribution in [1.82, 2.24) is 4.98 Å². The number of carbonyl (C=O) groups is 2. The Kier molecular flexibility index (Phi) is 6.72. The normalized spacial score (nSPS) is 16.8. The minimum Gasteiger partial charge on any atom is -0.478 e. The number of pyridine rings is 1. The summed E-state index contributed by atoms with van der Waals surface area (Å²) in [5.41, 5.74) is 0.536. The highest BCUT2D eigenvalue weighted by Crippen LogP contribution is 2.48. The molecule has 0 saturated carbocycles. The predicted molar refractivity (Wildman–Crippen MR) is 104 cm³/mol. The summed E-state index contributed by atoms with van der Waals surface area (Å²) in [4.78, 5) is 29.5. The van der Waals surface area contributed by atoms with Crippen molar-refractivity contribution in [3.8, 4) is 11.9 Å². The third-order valence-corrected chi connectivity index (χ3v) is 4.39. The van der Waals surface area contributed by atoms with Crippen molar-refractivity contribution in [2.75, 3.05) is 19.0 Å². The highest BCUT2D eigenvalue weighted by atomic mass is 16.5. The van der Waals surface area contributed by atoms with Gasteiger partial charge in [0.15, 0.2) is 0 Å². The van der Waals surface area contributed by atoms with Gasteiger partial charge in [-0.3, -0.25) is 9.59 Å². The van der Waals surface area contributed by atoms with Gasteiger partial charge in [-0.15, -0.1) is 0 Å². The summed E-state index contributed by atoms with van der Waals surface area (Å²) in [5, 5.41) is 12.1. The highest BCUT2D eigenvalue weighted by Gasteiger charge is 2.52. The maximum absolute atomic E-state index is 13.1. The zero-order valence-corrected chi connectivity index (χ0v) is 16.4. The van der Waals surface area contributed by atoms with Crippen molar-refractivity contribution in [2.45, 2.75) is 32.6 Å². The number of ether oxygens (including phenoxy) is 2. The molecule has 28 heavy (non-hydrogen) atoms. The van der Waals surface area contributed by atoms with Gasteiger partial charge in [0.2, 0.25) is 11.8 Å². The Morgan fingerprint density at radius 3 is 2.68 bits per heavy atom. The molecular weight excluding hydrogens is 358 g/mol. The van der Waals surface area contributed by atoms with Gasteiger partial charge in [-0.1, -0.05) is 19.9 Å². The lowest BCUT2D eigenvalue weighted by atomic mass is 9.72. The SMILES string of the molecule is CC.CCOc1ncccc1C1(CC(=O)OC)C(=O)Nc2ccc(C#N)cc21. The number of methoxy groups -OCH3 is 1. The molecule has 1 aliphatic heterocycles. The Hall–Kier alpha value is -3.40. The Bertz CT molecular complexity index is 920. The summed E-state index contributed by atoms with van der Waals surface area (Å²) >= 11 is 0. The van der Waals surface area contributed by atoms with Gasteiger partial charge in [0.25, 0.3) is 0 Å². The Morgan fingerprint density at radius 1 is 1.29 bits per heavy atom. The van der Waals surface area contributed by atoms with Crippen molar-refractivity contribution in [1.29, 1.82) is 5.26 Å². The van der Waals surface area contributed by atoms with Crippen LogP contribution in [0.25, 0.3) is 0 Å². The summed E-state index contributed by atoms with van der Waals surface area (Å²) < 4.78 is 10.4. The molecule has 0 saturated heterocycles. The number of esters is 1. The minimum absolute atomic E-state index is 0.233. The first-order chi connectivity index (χ1) is 13.6. The quantitative estimate of drug-likeness (QED) is 0.798. The van der Waals surface area contributed by atoms with E-state index in [0.717, 1.165) is 0 Å². The fourth-order valence-electron chi connectivity index (χ4n) is 3.22. The van der Waals surface area contributed by atoms with E-state index >= 15 is 0 Å². The maximum Gasteiger partial charge on any atom is 0.307 e. The lowest BCUT2D eigenvalue weighted by molar-refractivity contribution is -0.143. The van der Waals surface area contributed by atoms with Crippen LogP contribution in [-0.2, 0) is 19.7 Å². The van der Waals surface area contributed by atoms with Gasteiger partial charge in [0, 0.05) is 17.4 Å². The average molecular weight is 381 g/mol. The van der Waals surface area contributed by atoms with Gasteiger partial charge < -0.3 is 14.8 Å². The van der Waals surface area contributed by atoms with Crippen molar-refractivity contribution in [3.63, 3.8) is 0 Å². The fraction of sp³-hybridized carbons (Fsp3) is 0.333. The third-order valence-electron chi connectivity index (χ3n) is 4.39. The zero-order chi connectivity index (χ0) is 20.7. The monoisotopic (exact) mass is 381 g/mol. The van der Waals surface area contributed by atoms with Gasteiger partial charge in [-0.2, -0.15) is 5.26 Å². The van der Waals surface area contributed by atoms with Crippen LogP contribution in [0.3, 0.4) is 0 Å². The number of aromatic nitrogens is 1. The first kappa shape index (κ1) is 20.9. The van der Waals surface area contributed by atoms with Crippen molar-refractivity contribution in [3.05, 3.63) is 53.2 Å². The van der Waals surface area contributed by atoms with Gasteiger partial charge >= 0.3 is 5.97 Å². The number of carbonyl (C=O) groups excluding carboxylic acids is 2. The number of nitrogens with zero attached hydrogens (tertiary/aromatic N) is 2. The first-order valence-electron chi connectivity index (χ1n) is 9.08. The molecule has 1 aliphatic rings. The second-order valence-electron chi connectivity index (χ2n) is 5.77. The number of benzene rings is 1. The number of amides is 1. The van der Waals surface area contributed by atoms with E-state index in [4.69, 9.17) is 9.47 Å². The van der Waals surface area contributed by atoms with E-state index in [9.17, 15) is 14.9 Å². The highest BCUT2D eigenvalue weighted by molar-refractivity contribution is 6.11. The molecule has 0 bridgehead atoms.